The SMILES string of the molecule is COCC1(CNc2cc(C#N)ccc2[N+](=O)[O-])CCNCC1. The highest BCUT2D eigenvalue weighted by Crippen LogP contribution is 2.32. The van der Waals surface area contributed by atoms with Crippen LogP contribution in [0.2, 0.25) is 0 Å². The zero-order valence-electron chi connectivity index (χ0n) is 12.6. The molecule has 1 aromatic rings. The maximum Gasteiger partial charge on any atom is 0.292 e. The summed E-state index contributed by atoms with van der Waals surface area (Å²) in [6.45, 7) is 3.00. The number of nitriles is 1. The number of nitro benzene ring substituents is 1. The molecular formula is C15H20N4O3. The summed E-state index contributed by atoms with van der Waals surface area (Å²) in [4.78, 5) is 10.7. The first kappa shape index (κ1) is 16.2. The molecule has 2 rings (SSSR count). The number of hydrogen-bond donors (Lipinski definition) is 2. The first-order valence-corrected chi connectivity index (χ1v) is 7.22. The molecule has 1 saturated heterocycles. The van der Waals surface area contributed by atoms with E-state index in [4.69, 9.17) is 10.00 Å². The van der Waals surface area contributed by atoms with E-state index in [1.165, 1.54) is 18.2 Å². The zero-order chi connectivity index (χ0) is 16.0. The molecule has 1 aromatic carbocycles. The van der Waals surface area contributed by atoms with Crippen molar-refractivity contribution in [3.63, 3.8) is 0 Å². The summed E-state index contributed by atoms with van der Waals surface area (Å²) in [5.41, 5.74) is 0.731. The lowest BCUT2D eigenvalue weighted by molar-refractivity contribution is -0.384. The van der Waals surface area contributed by atoms with Crippen molar-refractivity contribution in [2.24, 2.45) is 5.41 Å². The maximum atomic E-state index is 11.1. The van der Waals surface area contributed by atoms with Gasteiger partial charge in [0.1, 0.15) is 5.69 Å². The Hall–Kier alpha value is -2.17. The molecule has 118 valence electrons. The van der Waals surface area contributed by atoms with Crippen LogP contribution in [-0.4, -0.2) is 38.3 Å². The maximum absolute atomic E-state index is 11.1. The molecule has 7 nitrogen and oxygen atoms in total. The minimum absolute atomic E-state index is 0.0134. The van der Waals surface area contributed by atoms with E-state index < -0.39 is 4.92 Å². The predicted molar refractivity (Wildman–Crippen MR) is 82.7 cm³/mol. The summed E-state index contributed by atoms with van der Waals surface area (Å²) < 4.78 is 5.34. The number of ether oxygens (including phenoxy) is 1. The van der Waals surface area contributed by atoms with Crippen LogP contribution in [0.1, 0.15) is 18.4 Å². The van der Waals surface area contributed by atoms with Crippen LogP contribution in [0, 0.1) is 26.9 Å². The summed E-state index contributed by atoms with van der Waals surface area (Å²) >= 11 is 0. The lowest BCUT2D eigenvalue weighted by Gasteiger charge is -2.37. The Kier molecular flexibility index (Phi) is 5.31. The highest BCUT2D eigenvalue weighted by Gasteiger charge is 2.32. The third-order valence-electron chi connectivity index (χ3n) is 4.09. The Bertz CT molecular complexity index is 571. The van der Waals surface area contributed by atoms with Crippen molar-refractivity contribution in [1.82, 2.24) is 5.32 Å². The largest absolute Gasteiger partial charge is 0.384 e. The van der Waals surface area contributed by atoms with Crippen molar-refractivity contribution in [3.05, 3.63) is 33.9 Å². The number of rotatable bonds is 6. The second-order valence-electron chi connectivity index (χ2n) is 5.64. The summed E-state index contributed by atoms with van der Waals surface area (Å²) in [7, 11) is 1.67. The van der Waals surface area contributed by atoms with Crippen molar-refractivity contribution in [3.8, 4) is 6.07 Å². The number of piperidine rings is 1. The van der Waals surface area contributed by atoms with Gasteiger partial charge in [-0.3, -0.25) is 10.1 Å². The van der Waals surface area contributed by atoms with E-state index in [9.17, 15) is 10.1 Å². The number of methoxy groups -OCH3 is 1. The Morgan fingerprint density at radius 2 is 2.23 bits per heavy atom. The van der Waals surface area contributed by atoms with Gasteiger partial charge in [0.25, 0.3) is 5.69 Å². The minimum Gasteiger partial charge on any atom is -0.384 e. The second-order valence-corrected chi connectivity index (χ2v) is 5.64. The van der Waals surface area contributed by atoms with Gasteiger partial charge in [0.2, 0.25) is 0 Å². The van der Waals surface area contributed by atoms with Crippen LogP contribution in [0.3, 0.4) is 0 Å². The first-order valence-electron chi connectivity index (χ1n) is 7.22. The van der Waals surface area contributed by atoms with E-state index in [0.29, 0.717) is 24.4 Å². The summed E-state index contributed by atoms with van der Waals surface area (Å²) in [5, 5.41) is 26.6. The summed E-state index contributed by atoms with van der Waals surface area (Å²) in [5.74, 6) is 0. The summed E-state index contributed by atoms with van der Waals surface area (Å²) in [6.07, 6.45) is 1.89. The highest BCUT2D eigenvalue weighted by molar-refractivity contribution is 5.64. The topological polar surface area (TPSA) is 100 Å². The molecule has 0 bridgehead atoms. The minimum atomic E-state index is -0.436. The van der Waals surface area contributed by atoms with Gasteiger partial charge in [-0.05, 0) is 38.1 Å². The number of nitro groups is 1. The van der Waals surface area contributed by atoms with Gasteiger partial charge < -0.3 is 15.4 Å². The molecule has 0 unspecified atom stereocenters. The van der Waals surface area contributed by atoms with Gasteiger partial charge in [-0.15, -0.1) is 0 Å². The average Bonchev–Trinajstić information content (AvgIpc) is 2.53. The molecule has 0 aliphatic carbocycles. The average molecular weight is 304 g/mol. The molecule has 0 atom stereocenters. The molecule has 1 aliphatic heterocycles. The number of benzene rings is 1. The van der Waals surface area contributed by atoms with Crippen LogP contribution in [0.5, 0.6) is 0 Å². The number of nitrogens with one attached hydrogen (secondary N) is 2. The fourth-order valence-electron chi connectivity index (χ4n) is 2.82. The Morgan fingerprint density at radius 1 is 1.50 bits per heavy atom. The molecular weight excluding hydrogens is 284 g/mol. The molecule has 0 aromatic heterocycles. The highest BCUT2D eigenvalue weighted by atomic mass is 16.6. The molecule has 1 aliphatic rings. The van der Waals surface area contributed by atoms with Crippen LogP contribution >= 0.6 is 0 Å². The van der Waals surface area contributed by atoms with E-state index in [0.717, 1.165) is 25.9 Å². The fraction of sp³-hybridized carbons (Fsp3) is 0.533. The molecule has 22 heavy (non-hydrogen) atoms. The van der Waals surface area contributed by atoms with E-state index in [2.05, 4.69) is 10.6 Å². The van der Waals surface area contributed by atoms with Gasteiger partial charge in [-0.2, -0.15) is 5.26 Å². The molecule has 7 heteroatoms. The number of nitrogens with zero attached hydrogens (tertiary/aromatic N) is 2. The van der Waals surface area contributed by atoms with Gasteiger partial charge in [0, 0.05) is 25.1 Å². The van der Waals surface area contributed by atoms with Crippen molar-refractivity contribution in [1.29, 1.82) is 5.26 Å². The lowest BCUT2D eigenvalue weighted by Crippen LogP contribution is -2.44. The van der Waals surface area contributed by atoms with E-state index in [-0.39, 0.29) is 11.1 Å². The van der Waals surface area contributed by atoms with Crippen molar-refractivity contribution >= 4 is 11.4 Å². The Morgan fingerprint density at radius 3 is 2.82 bits per heavy atom. The molecule has 0 saturated carbocycles. The van der Waals surface area contributed by atoms with Crippen LogP contribution in [0.15, 0.2) is 18.2 Å². The van der Waals surface area contributed by atoms with Crippen LogP contribution in [0.4, 0.5) is 11.4 Å². The monoisotopic (exact) mass is 304 g/mol. The Balaban J connectivity index is 2.18. The van der Waals surface area contributed by atoms with E-state index in [1.54, 1.807) is 7.11 Å². The number of hydrogen-bond acceptors (Lipinski definition) is 6. The van der Waals surface area contributed by atoms with Gasteiger partial charge in [-0.1, -0.05) is 0 Å². The van der Waals surface area contributed by atoms with Crippen molar-refractivity contribution < 1.29 is 9.66 Å². The van der Waals surface area contributed by atoms with Gasteiger partial charge in [0.15, 0.2) is 0 Å². The smallest absolute Gasteiger partial charge is 0.292 e. The fourth-order valence-corrected chi connectivity index (χ4v) is 2.82. The van der Waals surface area contributed by atoms with Crippen LogP contribution in [-0.2, 0) is 4.74 Å². The zero-order valence-corrected chi connectivity index (χ0v) is 12.6. The quantitative estimate of drug-likeness (QED) is 0.615. The molecule has 0 radical (unpaired) electrons. The molecule has 1 heterocycles. The van der Waals surface area contributed by atoms with Crippen LogP contribution in [0.25, 0.3) is 0 Å². The predicted octanol–water partition coefficient (Wildman–Crippen LogP) is 1.89. The molecule has 0 spiro atoms. The second kappa shape index (κ2) is 7.20. The van der Waals surface area contributed by atoms with Crippen LogP contribution < -0.4 is 10.6 Å². The van der Waals surface area contributed by atoms with E-state index >= 15 is 0 Å². The van der Waals surface area contributed by atoms with Gasteiger partial charge in [-0.25, -0.2) is 0 Å². The third-order valence-corrected chi connectivity index (χ3v) is 4.09. The summed E-state index contributed by atoms with van der Waals surface area (Å²) in [6, 6.07) is 6.36. The standard InChI is InChI=1S/C15H20N4O3/c1-22-11-15(4-6-17-7-5-15)10-18-13-8-12(9-16)2-3-14(13)19(20)21/h2-3,8,17-18H,4-7,10-11H2,1H3. The number of anilines is 1. The lowest BCUT2D eigenvalue weighted by atomic mass is 9.79. The van der Waals surface area contributed by atoms with E-state index in [1.807, 2.05) is 6.07 Å². The third kappa shape index (κ3) is 3.72. The van der Waals surface area contributed by atoms with Gasteiger partial charge in [0.05, 0.1) is 23.2 Å². The molecule has 1 fully saturated rings. The molecule has 2 N–H and O–H groups in total. The molecule has 0 amide bonds. The van der Waals surface area contributed by atoms with Crippen molar-refractivity contribution in [2.75, 3.05) is 38.7 Å². The van der Waals surface area contributed by atoms with Crippen molar-refractivity contribution in [2.45, 2.75) is 12.8 Å². The normalized spacial score (nSPS) is 16.7. The Labute approximate surface area is 129 Å². The van der Waals surface area contributed by atoms with Gasteiger partial charge >= 0.3 is 0 Å². The first-order chi connectivity index (χ1) is 10.6.